The lowest BCUT2D eigenvalue weighted by atomic mass is 10.0. The maximum absolute atomic E-state index is 12.3. The van der Waals surface area contributed by atoms with Crippen molar-refractivity contribution in [2.24, 2.45) is 0 Å². The van der Waals surface area contributed by atoms with Crippen molar-refractivity contribution in [1.29, 1.82) is 0 Å². The molecule has 1 fully saturated rings. The van der Waals surface area contributed by atoms with Crippen LogP contribution in [0.3, 0.4) is 0 Å². The molecule has 0 spiro atoms. The molecule has 1 atom stereocenters. The van der Waals surface area contributed by atoms with E-state index >= 15 is 0 Å². The maximum Gasteiger partial charge on any atom is 0.239 e. The second-order valence-electron chi connectivity index (χ2n) is 6.75. The minimum Gasteiger partial charge on any atom is -0.360 e. The first-order valence-corrected chi connectivity index (χ1v) is 8.74. The Morgan fingerprint density at radius 2 is 2.29 bits per heavy atom. The molecule has 4 rings (SSSR count). The molecule has 7 heteroatoms. The molecule has 2 N–H and O–H groups in total. The summed E-state index contributed by atoms with van der Waals surface area (Å²) in [5.41, 5.74) is 2.52. The first-order valence-electron chi connectivity index (χ1n) is 8.74. The molecular weight excluding hydrogens is 306 g/mol. The van der Waals surface area contributed by atoms with Crippen LogP contribution in [0.5, 0.6) is 0 Å². The van der Waals surface area contributed by atoms with E-state index in [1.54, 1.807) is 13.0 Å². The van der Waals surface area contributed by atoms with E-state index in [2.05, 4.69) is 20.4 Å². The van der Waals surface area contributed by atoms with Crippen LogP contribution in [0, 0.1) is 6.92 Å². The maximum atomic E-state index is 12.3. The minimum absolute atomic E-state index is 0.0634. The zero-order valence-corrected chi connectivity index (χ0v) is 14.0. The summed E-state index contributed by atoms with van der Waals surface area (Å²) in [7, 11) is 0. The van der Waals surface area contributed by atoms with Crippen molar-refractivity contribution < 1.29 is 9.32 Å². The van der Waals surface area contributed by atoms with Crippen molar-refractivity contribution in [2.45, 2.75) is 51.5 Å². The number of anilines is 1. The highest BCUT2D eigenvalue weighted by molar-refractivity contribution is 5.91. The predicted molar refractivity (Wildman–Crippen MR) is 88.6 cm³/mol. The smallest absolute Gasteiger partial charge is 0.239 e. The quantitative estimate of drug-likeness (QED) is 0.899. The fraction of sp³-hybridized carbons (Fsp3) is 0.588. The summed E-state index contributed by atoms with van der Waals surface area (Å²) < 4.78 is 4.98. The van der Waals surface area contributed by atoms with Gasteiger partial charge in [-0.1, -0.05) is 5.16 Å². The Balaban J connectivity index is 1.42. The summed E-state index contributed by atoms with van der Waals surface area (Å²) in [6.07, 6.45) is 6.77. The van der Waals surface area contributed by atoms with Crippen LogP contribution in [-0.2, 0) is 17.6 Å². The van der Waals surface area contributed by atoms with Gasteiger partial charge in [0.15, 0.2) is 5.82 Å². The van der Waals surface area contributed by atoms with Gasteiger partial charge in [-0.3, -0.25) is 9.69 Å². The van der Waals surface area contributed by atoms with E-state index in [0.717, 1.165) is 38.1 Å². The van der Waals surface area contributed by atoms with Crippen molar-refractivity contribution in [2.75, 3.05) is 18.4 Å². The Kier molecular flexibility index (Phi) is 4.10. The number of aryl methyl sites for hydroxylation is 3. The number of aromatic amines is 1. The number of rotatable bonds is 4. The second kappa shape index (κ2) is 6.39. The number of imidazole rings is 1. The molecule has 2 aliphatic rings. The number of amides is 1. The number of hydrogen-bond acceptors (Lipinski definition) is 5. The Labute approximate surface area is 140 Å². The zero-order chi connectivity index (χ0) is 16.5. The van der Waals surface area contributed by atoms with E-state index in [1.165, 1.54) is 24.2 Å². The molecule has 1 unspecified atom stereocenters. The van der Waals surface area contributed by atoms with Gasteiger partial charge in [-0.15, -0.1) is 0 Å². The van der Waals surface area contributed by atoms with Gasteiger partial charge >= 0.3 is 0 Å². The highest BCUT2D eigenvalue weighted by Crippen LogP contribution is 2.32. The molecule has 1 amide bonds. The molecule has 2 aromatic rings. The highest BCUT2D eigenvalue weighted by atomic mass is 16.5. The van der Waals surface area contributed by atoms with Crippen molar-refractivity contribution >= 4 is 11.7 Å². The number of H-pyrrole nitrogens is 1. The SMILES string of the molecule is Cc1cc(NC(=O)CN2CCCC2c2nc3c([nH]2)CCCC3)no1. The predicted octanol–water partition coefficient (Wildman–Crippen LogP) is 2.36. The molecule has 128 valence electrons. The molecule has 0 aromatic carbocycles. The topological polar surface area (TPSA) is 87.0 Å². The minimum atomic E-state index is -0.0634. The van der Waals surface area contributed by atoms with Gasteiger partial charge in [-0.25, -0.2) is 4.98 Å². The third-order valence-corrected chi connectivity index (χ3v) is 4.89. The first kappa shape index (κ1) is 15.4. The normalized spacial score (nSPS) is 21.0. The van der Waals surface area contributed by atoms with E-state index in [-0.39, 0.29) is 11.9 Å². The number of hydrogen-bond donors (Lipinski definition) is 2. The van der Waals surface area contributed by atoms with E-state index in [1.807, 2.05) is 0 Å². The van der Waals surface area contributed by atoms with E-state index in [0.29, 0.717) is 18.1 Å². The lowest BCUT2D eigenvalue weighted by Gasteiger charge is -2.21. The molecule has 0 bridgehead atoms. The van der Waals surface area contributed by atoms with E-state index in [4.69, 9.17) is 9.51 Å². The fourth-order valence-electron chi connectivity index (χ4n) is 3.75. The number of likely N-dealkylation sites (tertiary alicyclic amines) is 1. The summed E-state index contributed by atoms with van der Waals surface area (Å²) in [5.74, 6) is 2.13. The van der Waals surface area contributed by atoms with Gasteiger partial charge in [-0.05, 0) is 52.0 Å². The van der Waals surface area contributed by atoms with Gasteiger partial charge in [0, 0.05) is 11.8 Å². The first-order chi connectivity index (χ1) is 11.7. The van der Waals surface area contributed by atoms with Crippen molar-refractivity contribution in [3.63, 3.8) is 0 Å². The van der Waals surface area contributed by atoms with Crippen LogP contribution in [-0.4, -0.2) is 39.0 Å². The third kappa shape index (κ3) is 3.08. The van der Waals surface area contributed by atoms with Gasteiger partial charge in [0.1, 0.15) is 11.6 Å². The van der Waals surface area contributed by atoms with Crippen LogP contribution in [0.15, 0.2) is 10.6 Å². The van der Waals surface area contributed by atoms with E-state index < -0.39 is 0 Å². The van der Waals surface area contributed by atoms with Crippen molar-refractivity contribution in [1.82, 2.24) is 20.0 Å². The number of carbonyl (C=O) groups excluding carboxylic acids is 1. The number of carbonyl (C=O) groups is 1. The molecule has 0 radical (unpaired) electrons. The second-order valence-corrected chi connectivity index (χ2v) is 6.75. The Hall–Kier alpha value is -2.15. The van der Waals surface area contributed by atoms with Gasteiger partial charge in [0.05, 0.1) is 18.3 Å². The average Bonchev–Trinajstić information content (AvgIpc) is 3.26. The molecule has 3 heterocycles. The summed E-state index contributed by atoms with van der Waals surface area (Å²) in [5, 5.41) is 6.60. The highest BCUT2D eigenvalue weighted by Gasteiger charge is 2.31. The average molecular weight is 329 g/mol. The third-order valence-electron chi connectivity index (χ3n) is 4.89. The molecule has 1 aliphatic carbocycles. The summed E-state index contributed by atoms with van der Waals surface area (Å²) in [6, 6.07) is 1.93. The van der Waals surface area contributed by atoms with Crippen LogP contribution >= 0.6 is 0 Å². The van der Waals surface area contributed by atoms with Crippen LogP contribution in [0.25, 0.3) is 0 Å². The number of aromatic nitrogens is 3. The Morgan fingerprint density at radius 3 is 3.08 bits per heavy atom. The van der Waals surface area contributed by atoms with Gasteiger partial charge in [0.25, 0.3) is 0 Å². The fourth-order valence-corrected chi connectivity index (χ4v) is 3.75. The summed E-state index contributed by atoms with van der Waals surface area (Å²) >= 11 is 0. The van der Waals surface area contributed by atoms with Crippen LogP contribution in [0.4, 0.5) is 5.82 Å². The lowest BCUT2D eigenvalue weighted by molar-refractivity contribution is -0.117. The van der Waals surface area contributed by atoms with Crippen LogP contribution in [0.1, 0.15) is 54.7 Å². The molecule has 2 aromatic heterocycles. The Bertz CT molecular complexity index is 712. The van der Waals surface area contributed by atoms with Gasteiger partial charge in [0.2, 0.25) is 5.91 Å². The Morgan fingerprint density at radius 1 is 1.42 bits per heavy atom. The van der Waals surface area contributed by atoms with Crippen molar-refractivity contribution in [3.05, 3.63) is 29.0 Å². The molecule has 24 heavy (non-hydrogen) atoms. The molecule has 1 saturated heterocycles. The van der Waals surface area contributed by atoms with Crippen LogP contribution in [0.2, 0.25) is 0 Å². The molecule has 0 saturated carbocycles. The molecule has 1 aliphatic heterocycles. The zero-order valence-electron chi connectivity index (χ0n) is 14.0. The number of nitrogens with zero attached hydrogens (tertiary/aromatic N) is 3. The monoisotopic (exact) mass is 329 g/mol. The van der Waals surface area contributed by atoms with E-state index in [9.17, 15) is 4.79 Å². The van der Waals surface area contributed by atoms with Crippen molar-refractivity contribution in [3.8, 4) is 0 Å². The van der Waals surface area contributed by atoms with Crippen LogP contribution < -0.4 is 5.32 Å². The number of fused-ring (bicyclic) bond motifs is 1. The van der Waals surface area contributed by atoms with Gasteiger partial charge < -0.3 is 14.8 Å². The largest absolute Gasteiger partial charge is 0.360 e. The standard InChI is InChI=1S/C17H23N5O2/c1-11-9-15(21-24-11)20-16(23)10-22-8-4-7-14(22)17-18-12-5-2-3-6-13(12)19-17/h9,14H,2-8,10H2,1H3,(H,18,19)(H,20,21,23). The molecule has 7 nitrogen and oxygen atoms in total. The lowest BCUT2D eigenvalue weighted by Crippen LogP contribution is -2.33. The summed E-state index contributed by atoms with van der Waals surface area (Å²) in [6.45, 7) is 3.07. The molecular formula is C17H23N5O2. The summed E-state index contributed by atoms with van der Waals surface area (Å²) in [4.78, 5) is 22.8. The van der Waals surface area contributed by atoms with Gasteiger partial charge in [-0.2, -0.15) is 0 Å². The number of nitrogens with one attached hydrogen (secondary N) is 2.